The van der Waals surface area contributed by atoms with Gasteiger partial charge in [-0.3, -0.25) is 9.59 Å². The lowest BCUT2D eigenvalue weighted by atomic mass is 10.1. The number of fused-ring (bicyclic) bond motifs is 1. The maximum absolute atomic E-state index is 12.7. The zero-order chi connectivity index (χ0) is 21.5. The molecule has 0 saturated heterocycles. The topological polar surface area (TPSA) is 96.4 Å². The van der Waals surface area contributed by atoms with Crippen molar-refractivity contribution in [3.63, 3.8) is 0 Å². The number of carbonyl (C=O) groups excluding carboxylic acids is 2. The summed E-state index contributed by atoms with van der Waals surface area (Å²) in [6, 6.07) is 13.5. The molecule has 1 aliphatic heterocycles. The van der Waals surface area contributed by atoms with E-state index in [1.165, 1.54) is 23.5 Å². The number of carbonyl (C=O) groups is 2. The lowest BCUT2D eigenvalue weighted by Crippen LogP contribution is -2.29. The molecule has 2 heterocycles. The van der Waals surface area contributed by atoms with E-state index in [9.17, 15) is 18.0 Å². The molecular formula is C21H19N3O4S2. The zero-order valence-electron chi connectivity index (χ0n) is 16.3. The van der Waals surface area contributed by atoms with E-state index in [0.717, 1.165) is 9.87 Å². The molecule has 0 atom stereocenters. The van der Waals surface area contributed by atoms with Gasteiger partial charge in [-0.1, -0.05) is 38.1 Å². The number of nitrogens with one attached hydrogen (secondary N) is 1. The molecule has 30 heavy (non-hydrogen) atoms. The molecule has 0 bridgehead atoms. The van der Waals surface area contributed by atoms with Crippen molar-refractivity contribution in [2.24, 2.45) is 5.92 Å². The first-order valence-electron chi connectivity index (χ1n) is 9.29. The molecule has 2 aromatic carbocycles. The van der Waals surface area contributed by atoms with Gasteiger partial charge < -0.3 is 5.32 Å². The molecule has 2 amide bonds. The van der Waals surface area contributed by atoms with Gasteiger partial charge in [0, 0.05) is 22.5 Å². The number of rotatable bonds is 5. The van der Waals surface area contributed by atoms with E-state index < -0.39 is 15.9 Å². The van der Waals surface area contributed by atoms with Crippen molar-refractivity contribution in [1.82, 2.24) is 9.29 Å². The third-order valence-corrected chi connectivity index (χ3v) is 7.34. The highest BCUT2D eigenvalue weighted by Crippen LogP contribution is 2.32. The maximum Gasteiger partial charge on any atom is 0.269 e. The molecule has 0 saturated carbocycles. The molecule has 9 heteroatoms. The van der Waals surface area contributed by atoms with Gasteiger partial charge >= 0.3 is 0 Å². The van der Waals surface area contributed by atoms with Crippen LogP contribution >= 0.6 is 11.3 Å². The second-order valence-electron chi connectivity index (χ2n) is 7.16. The number of aromatic nitrogens is 1. The molecule has 1 aromatic heterocycles. The Morgan fingerprint density at radius 3 is 2.50 bits per heavy atom. The van der Waals surface area contributed by atoms with Gasteiger partial charge in [-0.2, -0.15) is 0 Å². The fourth-order valence-corrected chi connectivity index (χ4v) is 5.44. The molecule has 4 rings (SSSR count). The third-order valence-electron chi connectivity index (χ3n) is 4.72. The Hall–Kier alpha value is -3.04. The van der Waals surface area contributed by atoms with Crippen molar-refractivity contribution >= 4 is 38.9 Å². The van der Waals surface area contributed by atoms with E-state index in [0.29, 0.717) is 16.4 Å². The van der Waals surface area contributed by atoms with E-state index in [1.807, 2.05) is 31.4 Å². The molecule has 1 N–H and O–H groups in total. The molecule has 0 fully saturated rings. The molecule has 154 valence electrons. The lowest BCUT2D eigenvalue weighted by Gasteiger charge is -2.13. The lowest BCUT2D eigenvalue weighted by molar-refractivity contribution is -0.118. The molecule has 3 aromatic rings. The minimum Gasteiger partial charge on any atom is -0.326 e. The first kappa shape index (κ1) is 20.2. The first-order valence-corrected chi connectivity index (χ1v) is 11.6. The van der Waals surface area contributed by atoms with Crippen LogP contribution in [-0.2, 0) is 21.4 Å². The summed E-state index contributed by atoms with van der Waals surface area (Å²) in [5, 5.41) is 5.17. The summed E-state index contributed by atoms with van der Waals surface area (Å²) in [5.74, 6) is -0.703. The Morgan fingerprint density at radius 2 is 1.83 bits per heavy atom. The Kier molecular flexibility index (Phi) is 5.17. The van der Waals surface area contributed by atoms with Crippen LogP contribution in [0.3, 0.4) is 0 Å². The number of nitrogens with zero attached hydrogens (tertiary/aromatic N) is 2. The number of amides is 2. The van der Waals surface area contributed by atoms with Gasteiger partial charge in [0.05, 0.1) is 17.8 Å². The van der Waals surface area contributed by atoms with Crippen LogP contribution in [0, 0.1) is 5.92 Å². The predicted molar refractivity (Wildman–Crippen MR) is 115 cm³/mol. The van der Waals surface area contributed by atoms with Gasteiger partial charge in [0.1, 0.15) is 9.90 Å². The fraction of sp³-hybridized carbons (Fsp3) is 0.190. The summed E-state index contributed by atoms with van der Waals surface area (Å²) in [7, 11) is -3.86. The van der Waals surface area contributed by atoms with Crippen molar-refractivity contribution in [1.29, 1.82) is 0 Å². The van der Waals surface area contributed by atoms with Crippen molar-refractivity contribution in [3.05, 3.63) is 64.5 Å². The average molecular weight is 442 g/mol. The predicted octanol–water partition coefficient (Wildman–Crippen LogP) is 3.75. The number of thiazole rings is 1. The second-order valence-corrected chi connectivity index (χ2v) is 9.93. The van der Waals surface area contributed by atoms with E-state index in [-0.39, 0.29) is 28.8 Å². The quantitative estimate of drug-likeness (QED) is 0.650. The Bertz CT molecular complexity index is 1230. The monoisotopic (exact) mass is 441 g/mol. The van der Waals surface area contributed by atoms with E-state index in [1.54, 1.807) is 24.3 Å². The van der Waals surface area contributed by atoms with Crippen LogP contribution in [0.25, 0.3) is 11.3 Å². The standard InChI is InChI=1S/C21H19N3O4S2/c1-13(2)20(25)22-15-9-7-14(8-10-15)17-12-29-19(23-17)11-24-21(26)16-5-3-4-6-18(16)30(24,27)28/h3-10,12-13H,11H2,1-2H3,(H,22,25). The third kappa shape index (κ3) is 3.61. The Balaban J connectivity index is 1.52. The second kappa shape index (κ2) is 7.66. The molecule has 7 nitrogen and oxygen atoms in total. The summed E-state index contributed by atoms with van der Waals surface area (Å²) in [6.07, 6.45) is 0. The molecule has 0 aliphatic carbocycles. The van der Waals surface area contributed by atoms with Crippen LogP contribution in [0.4, 0.5) is 5.69 Å². The van der Waals surface area contributed by atoms with Gasteiger partial charge in [-0.15, -0.1) is 11.3 Å². The fourth-order valence-electron chi connectivity index (χ4n) is 3.04. The SMILES string of the molecule is CC(C)C(=O)Nc1ccc(-c2csc(CN3C(=O)c4ccccc4S3(=O)=O)n2)cc1. The highest BCUT2D eigenvalue weighted by Gasteiger charge is 2.41. The first-order chi connectivity index (χ1) is 14.3. The van der Waals surface area contributed by atoms with E-state index in [4.69, 9.17) is 0 Å². The van der Waals surface area contributed by atoms with Crippen molar-refractivity contribution in [2.45, 2.75) is 25.3 Å². The number of sulfonamides is 1. The van der Waals surface area contributed by atoms with Gasteiger partial charge in [0.25, 0.3) is 15.9 Å². The van der Waals surface area contributed by atoms with Gasteiger partial charge in [0.2, 0.25) is 5.91 Å². The summed E-state index contributed by atoms with van der Waals surface area (Å²) in [6.45, 7) is 3.54. The van der Waals surface area contributed by atoms with E-state index in [2.05, 4.69) is 10.3 Å². The number of hydrogen-bond donors (Lipinski definition) is 1. The van der Waals surface area contributed by atoms with Crippen molar-refractivity contribution in [3.8, 4) is 11.3 Å². The smallest absolute Gasteiger partial charge is 0.269 e. The van der Waals surface area contributed by atoms with Crippen molar-refractivity contribution in [2.75, 3.05) is 5.32 Å². The molecule has 0 radical (unpaired) electrons. The number of hydrogen-bond acceptors (Lipinski definition) is 6. The molecule has 0 unspecified atom stereocenters. The summed E-state index contributed by atoms with van der Waals surface area (Å²) in [4.78, 5) is 28.9. The molecule has 0 spiro atoms. The summed E-state index contributed by atoms with van der Waals surface area (Å²) >= 11 is 1.29. The van der Waals surface area contributed by atoms with Crippen LogP contribution < -0.4 is 5.32 Å². The minimum absolute atomic E-state index is 0.0332. The van der Waals surface area contributed by atoms with Crippen LogP contribution in [0.15, 0.2) is 58.8 Å². The summed E-state index contributed by atoms with van der Waals surface area (Å²) in [5.41, 5.74) is 2.39. The average Bonchev–Trinajstić information content (AvgIpc) is 3.27. The van der Waals surface area contributed by atoms with Gasteiger partial charge in [-0.25, -0.2) is 17.7 Å². The molecule has 1 aliphatic rings. The van der Waals surface area contributed by atoms with Crippen LogP contribution in [0.2, 0.25) is 0 Å². The van der Waals surface area contributed by atoms with Crippen molar-refractivity contribution < 1.29 is 18.0 Å². The highest BCUT2D eigenvalue weighted by molar-refractivity contribution is 7.90. The normalized spacial score (nSPS) is 14.8. The zero-order valence-corrected chi connectivity index (χ0v) is 18.0. The van der Waals surface area contributed by atoms with Crippen LogP contribution in [-0.4, -0.2) is 29.5 Å². The minimum atomic E-state index is -3.86. The van der Waals surface area contributed by atoms with Gasteiger partial charge in [0.15, 0.2) is 0 Å². The number of benzene rings is 2. The van der Waals surface area contributed by atoms with E-state index >= 15 is 0 Å². The van der Waals surface area contributed by atoms with Crippen LogP contribution in [0.1, 0.15) is 29.2 Å². The van der Waals surface area contributed by atoms with Gasteiger partial charge in [-0.05, 0) is 24.3 Å². The van der Waals surface area contributed by atoms with Crippen LogP contribution in [0.5, 0.6) is 0 Å². The number of anilines is 1. The Labute approximate surface area is 178 Å². The maximum atomic E-state index is 12.7. The molecular weight excluding hydrogens is 422 g/mol. The highest BCUT2D eigenvalue weighted by atomic mass is 32.2. The Morgan fingerprint density at radius 1 is 1.13 bits per heavy atom. The largest absolute Gasteiger partial charge is 0.326 e. The summed E-state index contributed by atoms with van der Waals surface area (Å²) < 4.78 is 26.3.